The van der Waals surface area contributed by atoms with Gasteiger partial charge in [-0.1, -0.05) is 12.1 Å². The minimum atomic E-state index is -4.33. The number of aromatic nitrogens is 1. The molecule has 0 aliphatic carbocycles. The molecule has 2 rings (SSSR count). The van der Waals surface area contributed by atoms with E-state index in [1.54, 1.807) is 0 Å². The fraction of sp³-hybridized carbons (Fsp3) is 0.231. The van der Waals surface area contributed by atoms with E-state index in [2.05, 4.69) is 4.98 Å². The number of oxazole rings is 1. The zero-order valence-electron chi connectivity index (χ0n) is 9.78. The first-order chi connectivity index (χ1) is 8.99. The summed E-state index contributed by atoms with van der Waals surface area (Å²) in [4.78, 5) is 14.2. The third-order valence-electron chi connectivity index (χ3n) is 2.52. The average molecular weight is 269 g/mol. The zero-order chi connectivity index (χ0) is 13.9. The van der Waals surface area contributed by atoms with E-state index in [9.17, 15) is 18.0 Å². The predicted molar refractivity (Wildman–Crippen MR) is 60.5 cm³/mol. The number of benzene rings is 1. The molecule has 0 saturated heterocycles. The van der Waals surface area contributed by atoms with Crippen molar-refractivity contribution in [3.63, 3.8) is 0 Å². The van der Waals surface area contributed by atoms with Crippen LogP contribution in [0.25, 0.3) is 0 Å². The molecular formula is C13H10F3NO2. The predicted octanol–water partition coefficient (Wildman–Crippen LogP) is 3.03. The Balaban J connectivity index is 2.08. The van der Waals surface area contributed by atoms with Gasteiger partial charge in [0.15, 0.2) is 5.89 Å². The summed E-state index contributed by atoms with van der Waals surface area (Å²) >= 11 is 0. The molecule has 0 aliphatic heterocycles. The molecule has 0 atom stereocenters. The molecular weight excluding hydrogens is 259 g/mol. The van der Waals surface area contributed by atoms with Crippen LogP contribution in [0, 0.1) is 0 Å². The molecule has 0 spiro atoms. The Labute approximate surface area is 107 Å². The van der Waals surface area contributed by atoms with Gasteiger partial charge in [-0.05, 0) is 17.7 Å². The van der Waals surface area contributed by atoms with Crippen molar-refractivity contribution in [3.8, 4) is 0 Å². The van der Waals surface area contributed by atoms with Crippen LogP contribution in [0.5, 0.6) is 0 Å². The molecule has 0 amide bonds. The van der Waals surface area contributed by atoms with Gasteiger partial charge in [-0.25, -0.2) is 4.98 Å². The maximum Gasteiger partial charge on any atom is 0.416 e. The number of alkyl halides is 3. The monoisotopic (exact) mass is 269 g/mol. The van der Waals surface area contributed by atoms with Gasteiger partial charge in [0, 0.05) is 6.42 Å². The van der Waals surface area contributed by atoms with Crippen molar-refractivity contribution in [1.82, 2.24) is 4.98 Å². The van der Waals surface area contributed by atoms with Crippen LogP contribution >= 0.6 is 0 Å². The lowest BCUT2D eigenvalue weighted by Crippen LogP contribution is -2.04. The first kappa shape index (κ1) is 13.3. The molecule has 1 aromatic heterocycles. The van der Waals surface area contributed by atoms with Crippen molar-refractivity contribution < 1.29 is 22.4 Å². The summed E-state index contributed by atoms with van der Waals surface area (Å²) in [5.41, 5.74) is -0.0298. The van der Waals surface area contributed by atoms with Crippen molar-refractivity contribution in [3.05, 3.63) is 53.2 Å². The van der Waals surface area contributed by atoms with Gasteiger partial charge < -0.3 is 9.21 Å². The molecule has 0 fully saturated rings. The average Bonchev–Trinajstić information content (AvgIpc) is 2.77. The lowest BCUT2D eigenvalue weighted by Gasteiger charge is -2.06. The molecule has 0 aliphatic rings. The van der Waals surface area contributed by atoms with Crippen LogP contribution in [0.15, 0.2) is 34.9 Å². The molecule has 6 heteroatoms. The quantitative estimate of drug-likeness (QED) is 0.801. The summed E-state index contributed by atoms with van der Waals surface area (Å²) in [7, 11) is 0. The Kier molecular flexibility index (Phi) is 3.69. The molecule has 0 radical (unpaired) electrons. The van der Waals surface area contributed by atoms with Crippen LogP contribution in [-0.2, 0) is 23.8 Å². The van der Waals surface area contributed by atoms with Crippen LogP contribution in [0.4, 0.5) is 13.2 Å². The number of carbonyl (C=O) groups excluding carboxylic acids is 1. The fourth-order valence-electron chi connectivity index (χ4n) is 1.59. The number of hydrogen-bond acceptors (Lipinski definition) is 3. The molecule has 2 aromatic rings. The van der Waals surface area contributed by atoms with Crippen LogP contribution in [0.3, 0.4) is 0 Å². The number of nitrogens with zero attached hydrogens (tertiary/aromatic N) is 1. The fourth-order valence-corrected chi connectivity index (χ4v) is 1.59. The molecule has 0 bridgehead atoms. The Hall–Kier alpha value is -2.11. The van der Waals surface area contributed by atoms with Gasteiger partial charge >= 0.3 is 6.18 Å². The molecule has 0 N–H and O–H groups in total. The highest BCUT2D eigenvalue weighted by Gasteiger charge is 2.29. The van der Waals surface area contributed by atoms with E-state index in [1.807, 2.05) is 0 Å². The van der Waals surface area contributed by atoms with E-state index >= 15 is 0 Å². The van der Waals surface area contributed by atoms with E-state index in [1.165, 1.54) is 18.3 Å². The minimum Gasteiger partial charge on any atom is -0.445 e. The lowest BCUT2D eigenvalue weighted by molar-refractivity contribution is -0.137. The Morgan fingerprint density at radius 3 is 2.47 bits per heavy atom. The minimum absolute atomic E-state index is 0.139. The summed E-state index contributed by atoms with van der Waals surface area (Å²) in [5.74, 6) is 0.813. The maximum absolute atomic E-state index is 12.4. The van der Waals surface area contributed by atoms with Crippen molar-refractivity contribution in [2.75, 3.05) is 0 Å². The molecule has 100 valence electrons. The molecule has 19 heavy (non-hydrogen) atoms. The summed E-state index contributed by atoms with van der Waals surface area (Å²) in [6.45, 7) is 0. The largest absolute Gasteiger partial charge is 0.445 e. The van der Waals surface area contributed by atoms with Crippen LogP contribution in [0.1, 0.15) is 22.8 Å². The summed E-state index contributed by atoms with van der Waals surface area (Å²) in [5, 5.41) is 0. The van der Waals surface area contributed by atoms with Gasteiger partial charge in [-0.2, -0.15) is 13.2 Å². The topological polar surface area (TPSA) is 43.1 Å². The van der Waals surface area contributed by atoms with Crippen LogP contribution in [-0.4, -0.2) is 11.3 Å². The summed E-state index contributed by atoms with van der Waals surface area (Å²) in [6.07, 6.45) is -1.77. The highest BCUT2D eigenvalue weighted by atomic mass is 19.4. The van der Waals surface area contributed by atoms with Crippen molar-refractivity contribution in [2.24, 2.45) is 0 Å². The third-order valence-corrected chi connectivity index (χ3v) is 2.52. The van der Waals surface area contributed by atoms with E-state index in [0.717, 1.165) is 12.1 Å². The summed E-state index contributed by atoms with van der Waals surface area (Å²) in [6, 6.07) is 4.80. The third kappa shape index (κ3) is 3.43. The SMILES string of the molecule is O=CCc1cnc(Cc2ccc(C(F)(F)F)cc2)o1. The smallest absolute Gasteiger partial charge is 0.416 e. The molecule has 3 nitrogen and oxygen atoms in total. The lowest BCUT2D eigenvalue weighted by atomic mass is 10.1. The van der Waals surface area contributed by atoms with E-state index < -0.39 is 11.7 Å². The van der Waals surface area contributed by atoms with Crippen molar-refractivity contribution in [1.29, 1.82) is 0 Å². The van der Waals surface area contributed by atoms with Crippen LogP contribution in [0.2, 0.25) is 0 Å². The van der Waals surface area contributed by atoms with E-state index in [0.29, 0.717) is 23.5 Å². The molecule has 1 heterocycles. The normalized spacial score (nSPS) is 11.5. The van der Waals surface area contributed by atoms with Gasteiger partial charge in [-0.3, -0.25) is 0 Å². The number of rotatable bonds is 4. The van der Waals surface area contributed by atoms with Gasteiger partial charge in [0.05, 0.1) is 18.2 Å². The van der Waals surface area contributed by atoms with Crippen LogP contribution < -0.4 is 0 Å². The second kappa shape index (κ2) is 5.26. The number of carbonyl (C=O) groups is 1. The van der Waals surface area contributed by atoms with E-state index in [4.69, 9.17) is 4.42 Å². The first-order valence-corrected chi connectivity index (χ1v) is 5.52. The van der Waals surface area contributed by atoms with Crippen molar-refractivity contribution >= 4 is 6.29 Å². The Morgan fingerprint density at radius 2 is 1.89 bits per heavy atom. The Bertz CT molecular complexity index is 558. The number of hydrogen-bond donors (Lipinski definition) is 0. The van der Waals surface area contributed by atoms with Gasteiger partial charge in [0.25, 0.3) is 0 Å². The van der Waals surface area contributed by atoms with E-state index in [-0.39, 0.29) is 12.8 Å². The number of aldehydes is 1. The first-order valence-electron chi connectivity index (χ1n) is 5.52. The number of halogens is 3. The van der Waals surface area contributed by atoms with Crippen molar-refractivity contribution in [2.45, 2.75) is 19.0 Å². The summed E-state index contributed by atoms with van der Waals surface area (Å²) < 4.78 is 42.4. The maximum atomic E-state index is 12.4. The standard InChI is InChI=1S/C13H10F3NO2/c14-13(15,16)10-3-1-9(2-4-10)7-12-17-8-11(19-12)5-6-18/h1-4,6,8H,5,7H2. The van der Waals surface area contributed by atoms with Gasteiger partial charge in [0.2, 0.25) is 0 Å². The van der Waals surface area contributed by atoms with Gasteiger partial charge in [-0.15, -0.1) is 0 Å². The zero-order valence-corrected chi connectivity index (χ0v) is 9.78. The molecule has 1 aromatic carbocycles. The Morgan fingerprint density at radius 1 is 1.21 bits per heavy atom. The van der Waals surface area contributed by atoms with Gasteiger partial charge in [0.1, 0.15) is 12.0 Å². The second-order valence-electron chi connectivity index (χ2n) is 3.96. The highest BCUT2D eigenvalue weighted by Crippen LogP contribution is 2.29. The highest BCUT2D eigenvalue weighted by molar-refractivity contribution is 5.52. The molecule has 0 saturated carbocycles. The second-order valence-corrected chi connectivity index (χ2v) is 3.96. The molecule has 0 unspecified atom stereocenters.